The summed E-state index contributed by atoms with van der Waals surface area (Å²) < 4.78 is 5.19. The molecule has 1 amide bonds. The standard InChI is InChI=1S/C14H15N3O2S/c1-9(2)14-15-12(16-19-14)7-17-10-5-3-4-6-11(10)20-8-13(17)18/h3-6,9H,7-8H2,1-2H3. The Morgan fingerprint density at radius 1 is 1.40 bits per heavy atom. The number of aromatic nitrogens is 2. The van der Waals surface area contributed by atoms with E-state index in [2.05, 4.69) is 10.1 Å². The lowest BCUT2D eigenvalue weighted by molar-refractivity contribution is -0.116. The second-order valence-electron chi connectivity index (χ2n) is 4.94. The van der Waals surface area contributed by atoms with Crippen LogP contribution in [0.1, 0.15) is 31.5 Å². The van der Waals surface area contributed by atoms with Gasteiger partial charge < -0.3 is 9.42 Å². The van der Waals surface area contributed by atoms with Crippen molar-refractivity contribution in [3.05, 3.63) is 36.0 Å². The molecule has 1 aliphatic heterocycles. The van der Waals surface area contributed by atoms with Gasteiger partial charge in [-0.2, -0.15) is 4.98 Å². The summed E-state index contributed by atoms with van der Waals surface area (Å²) in [6.45, 7) is 4.34. The average molecular weight is 289 g/mol. The normalized spacial score (nSPS) is 14.8. The van der Waals surface area contributed by atoms with Crippen LogP contribution < -0.4 is 4.90 Å². The fraction of sp³-hybridized carbons (Fsp3) is 0.357. The maximum absolute atomic E-state index is 12.1. The van der Waals surface area contributed by atoms with Crippen LogP contribution in [0, 0.1) is 0 Å². The monoisotopic (exact) mass is 289 g/mol. The fourth-order valence-electron chi connectivity index (χ4n) is 2.03. The highest BCUT2D eigenvalue weighted by molar-refractivity contribution is 8.00. The predicted molar refractivity (Wildman–Crippen MR) is 76.7 cm³/mol. The number of fused-ring (bicyclic) bond motifs is 1. The molecule has 6 heteroatoms. The number of nitrogens with zero attached hydrogens (tertiary/aromatic N) is 3. The Labute approximate surface area is 121 Å². The highest BCUT2D eigenvalue weighted by Crippen LogP contribution is 2.35. The maximum atomic E-state index is 12.1. The number of thioether (sulfide) groups is 1. The number of anilines is 1. The molecule has 0 bridgehead atoms. The van der Waals surface area contributed by atoms with Crippen LogP contribution in [-0.4, -0.2) is 21.8 Å². The van der Waals surface area contributed by atoms with E-state index >= 15 is 0 Å². The highest BCUT2D eigenvalue weighted by atomic mass is 32.2. The Balaban J connectivity index is 1.87. The summed E-state index contributed by atoms with van der Waals surface area (Å²) in [5.41, 5.74) is 0.921. The van der Waals surface area contributed by atoms with Gasteiger partial charge in [-0.25, -0.2) is 0 Å². The molecule has 2 aromatic rings. The Morgan fingerprint density at radius 2 is 2.20 bits per heavy atom. The van der Waals surface area contributed by atoms with E-state index in [1.165, 1.54) is 0 Å². The lowest BCUT2D eigenvalue weighted by atomic mass is 10.2. The van der Waals surface area contributed by atoms with Crippen molar-refractivity contribution in [2.75, 3.05) is 10.7 Å². The Kier molecular flexibility index (Phi) is 3.48. The summed E-state index contributed by atoms with van der Waals surface area (Å²) in [6, 6.07) is 7.88. The van der Waals surface area contributed by atoms with Crippen LogP contribution in [0.4, 0.5) is 5.69 Å². The van der Waals surface area contributed by atoms with E-state index < -0.39 is 0 Å². The molecule has 3 rings (SSSR count). The largest absolute Gasteiger partial charge is 0.339 e. The summed E-state index contributed by atoms with van der Waals surface area (Å²) in [7, 11) is 0. The number of hydrogen-bond donors (Lipinski definition) is 0. The summed E-state index contributed by atoms with van der Waals surface area (Å²) >= 11 is 1.57. The van der Waals surface area contributed by atoms with Crippen LogP contribution in [0.5, 0.6) is 0 Å². The van der Waals surface area contributed by atoms with Crippen LogP contribution in [0.25, 0.3) is 0 Å². The van der Waals surface area contributed by atoms with Crippen molar-refractivity contribution in [3.8, 4) is 0 Å². The molecule has 0 N–H and O–H groups in total. The van der Waals surface area contributed by atoms with E-state index in [9.17, 15) is 4.79 Å². The van der Waals surface area contributed by atoms with Crippen LogP contribution in [-0.2, 0) is 11.3 Å². The van der Waals surface area contributed by atoms with Gasteiger partial charge in [-0.1, -0.05) is 31.1 Å². The van der Waals surface area contributed by atoms with E-state index in [4.69, 9.17) is 4.52 Å². The van der Waals surface area contributed by atoms with Gasteiger partial charge in [0, 0.05) is 10.8 Å². The lowest BCUT2D eigenvalue weighted by Gasteiger charge is -2.27. The van der Waals surface area contributed by atoms with Gasteiger partial charge in [0.15, 0.2) is 5.82 Å². The summed E-state index contributed by atoms with van der Waals surface area (Å²) in [4.78, 5) is 19.3. The maximum Gasteiger partial charge on any atom is 0.237 e. The molecule has 5 nitrogen and oxygen atoms in total. The Hall–Kier alpha value is -1.82. The number of benzene rings is 1. The smallest absolute Gasteiger partial charge is 0.237 e. The van der Waals surface area contributed by atoms with E-state index in [0.717, 1.165) is 10.6 Å². The first-order valence-electron chi connectivity index (χ1n) is 6.50. The average Bonchev–Trinajstić information content (AvgIpc) is 2.91. The first kappa shape index (κ1) is 13.2. The second-order valence-corrected chi connectivity index (χ2v) is 5.96. The van der Waals surface area contributed by atoms with E-state index in [1.54, 1.807) is 16.7 Å². The third kappa shape index (κ3) is 2.43. The van der Waals surface area contributed by atoms with Crippen molar-refractivity contribution in [1.29, 1.82) is 0 Å². The van der Waals surface area contributed by atoms with Gasteiger partial charge >= 0.3 is 0 Å². The van der Waals surface area contributed by atoms with Crippen LogP contribution in [0.3, 0.4) is 0 Å². The van der Waals surface area contributed by atoms with Crippen LogP contribution in [0.2, 0.25) is 0 Å². The molecule has 104 valence electrons. The first-order valence-corrected chi connectivity index (χ1v) is 7.48. The molecular weight excluding hydrogens is 274 g/mol. The van der Waals surface area contributed by atoms with Crippen molar-refractivity contribution in [2.24, 2.45) is 0 Å². The zero-order valence-electron chi connectivity index (χ0n) is 11.4. The lowest BCUT2D eigenvalue weighted by Crippen LogP contribution is -2.35. The molecule has 0 saturated carbocycles. The molecule has 0 saturated heterocycles. The van der Waals surface area contributed by atoms with Gasteiger partial charge in [0.05, 0.1) is 18.0 Å². The topological polar surface area (TPSA) is 59.2 Å². The van der Waals surface area contributed by atoms with Crippen molar-refractivity contribution < 1.29 is 9.32 Å². The van der Waals surface area contributed by atoms with Crippen molar-refractivity contribution in [2.45, 2.75) is 31.2 Å². The van der Waals surface area contributed by atoms with Crippen LogP contribution in [0.15, 0.2) is 33.7 Å². The number of hydrogen-bond acceptors (Lipinski definition) is 5. The molecule has 1 aromatic heterocycles. The Bertz CT molecular complexity index is 639. The molecule has 1 aromatic carbocycles. The van der Waals surface area contributed by atoms with E-state index in [1.807, 2.05) is 38.1 Å². The molecule has 1 aliphatic rings. The first-order chi connectivity index (χ1) is 9.65. The minimum Gasteiger partial charge on any atom is -0.339 e. The van der Waals surface area contributed by atoms with Crippen LogP contribution >= 0.6 is 11.8 Å². The van der Waals surface area contributed by atoms with E-state index in [0.29, 0.717) is 24.0 Å². The second kappa shape index (κ2) is 5.28. The van der Waals surface area contributed by atoms with Gasteiger partial charge in [0.25, 0.3) is 0 Å². The van der Waals surface area contributed by atoms with Crippen molar-refractivity contribution in [3.63, 3.8) is 0 Å². The minimum atomic E-state index is 0.0737. The third-order valence-electron chi connectivity index (χ3n) is 3.09. The van der Waals surface area contributed by atoms with Gasteiger partial charge in [0.1, 0.15) is 0 Å². The van der Waals surface area contributed by atoms with Gasteiger partial charge in [-0.3, -0.25) is 4.79 Å². The zero-order chi connectivity index (χ0) is 14.1. The number of rotatable bonds is 3. The third-order valence-corrected chi connectivity index (χ3v) is 4.13. The summed E-state index contributed by atoms with van der Waals surface area (Å²) in [5.74, 6) is 1.86. The number of amides is 1. The molecule has 0 atom stereocenters. The van der Waals surface area contributed by atoms with Gasteiger partial charge in [-0.05, 0) is 12.1 Å². The zero-order valence-corrected chi connectivity index (χ0v) is 12.2. The molecule has 0 spiro atoms. The number of carbonyl (C=O) groups is 1. The fourth-order valence-corrected chi connectivity index (χ4v) is 2.97. The molecule has 0 aliphatic carbocycles. The molecule has 0 fully saturated rings. The molecule has 0 radical (unpaired) electrons. The van der Waals surface area contributed by atoms with Gasteiger partial charge in [0.2, 0.25) is 11.8 Å². The number of para-hydroxylation sites is 1. The SMILES string of the molecule is CC(C)c1nc(CN2C(=O)CSc3ccccc32)no1. The molecule has 2 heterocycles. The quantitative estimate of drug-likeness (QED) is 0.869. The molecular formula is C14H15N3O2S. The molecule has 0 unspecified atom stereocenters. The van der Waals surface area contributed by atoms with Crippen molar-refractivity contribution >= 4 is 23.4 Å². The minimum absolute atomic E-state index is 0.0737. The summed E-state index contributed by atoms with van der Waals surface area (Å²) in [5, 5.41) is 3.95. The van der Waals surface area contributed by atoms with Crippen molar-refractivity contribution in [1.82, 2.24) is 10.1 Å². The predicted octanol–water partition coefficient (Wildman–Crippen LogP) is 2.83. The van der Waals surface area contributed by atoms with Gasteiger partial charge in [-0.15, -0.1) is 11.8 Å². The van der Waals surface area contributed by atoms with E-state index in [-0.39, 0.29) is 11.8 Å². The Morgan fingerprint density at radius 3 is 2.95 bits per heavy atom. The number of carbonyl (C=O) groups excluding carboxylic acids is 1. The highest BCUT2D eigenvalue weighted by Gasteiger charge is 2.26. The summed E-state index contributed by atoms with van der Waals surface area (Å²) in [6.07, 6.45) is 0. The molecule has 20 heavy (non-hydrogen) atoms.